The number of nitrogens with zero attached hydrogens (tertiary/aromatic N) is 1. The first-order chi connectivity index (χ1) is 10.0. The number of nitrogens with two attached hydrogens (primary N) is 1. The number of hydrogen-bond donors (Lipinski definition) is 2. The topological polar surface area (TPSA) is 85.1 Å². The number of aromatic nitrogens is 1. The van der Waals surface area contributed by atoms with Gasteiger partial charge in [-0.2, -0.15) is 0 Å². The summed E-state index contributed by atoms with van der Waals surface area (Å²) in [5, 5.41) is 0. The summed E-state index contributed by atoms with van der Waals surface area (Å²) in [7, 11) is -3.58. The Morgan fingerprint density at radius 3 is 2.43 bits per heavy atom. The SMILES string of the molecule is Cc1ccc(NS(=O)(=O)c2ccc(CCCN)cc2)cn1. The lowest BCUT2D eigenvalue weighted by molar-refractivity contribution is 0.601. The second-order valence-electron chi connectivity index (χ2n) is 4.83. The van der Waals surface area contributed by atoms with Crippen LogP contribution in [0.15, 0.2) is 47.5 Å². The van der Waals surface area contributed by atoms with Gasteiger partial charge in [0.15, 0.2) is 0 Å². The number of benzene rings is 1. The van der Waals surface area contributed by atoms with E-state index in [0.29, 0.717) is 12.2 Å². The summed E-state index contributed by atoms with van der Waals surface area (Å²) in [5.74, 6) is 0. The lowest BCUT2D eigenvalue weighted by atomic mass is 10.1. The van der Waals surface area contributed by atoms with Crippen LogP contribution >= 0.6 is 0 Å². The number of aryl methyl sites for hydroxylation is 2. The second kappa shape index (κ2) is 6.69. The van der Waals surface area contributed by atoms with Crippen molar-refractivity contribution in [2.75, 3.05) is 11.3 Å². The summed E-state index contributed by atoms with van der Waals surface area (Å²) in [4.78, 5) is 4.30. The van der Waals surface area contributed by atoms with Crippen molar-refractivity contribution >= 4 is 15.7 Å². The molecule has 0 amide bonds. The number of hydrogen-bond acceptors (Lipinski definition) is 4. The van der Waals surface area contributed by atoms with Gasteiger partial charge in [-0.05, 0) is 56.1 Å². The van der Waals surface area contributed by atoms with Crippen LogP contribution in [0.2, 0.25) is 0 Å². The van der Waals surface area contributed by atoms with E-state index in [1.54, 1.807) is 24.3 Å². The molecule has 6 heteroatoms. The van der Waals surface area contributed by atoms with E-state index >= 15 is 0 Å². The molecule has 0 bridgehead atoms. The quantitative estimate of drug-likeness (QED) is 0.855. The highest BCUT2D eigenvalue weighted by atomic mass is 32.2. The smallest absolute Gasteiger partial charge is 0.261 e. The van der Waals surface area contributed by atoms with Crippen molar-refractivity contribution in [2.24, 2.45) is 5.73 Å². The Morgan fingerprint density at radius 1 is 1.14 bits per heavy atom. The molecule has 3 N–H and O–H groups in total. The van der Waals surface area contributed by atoms with Gasteiger partial charge >= 0.3 is 0 Å². The number of nitrogens with one attached hydrogen (secondary N) is 1. The van der Waals surface area contributed by atoms with E-state index in [1.165, 1.54) is 6.20 Å². The van der Waals surface area contributed by atoms with Gasteiger partial charge in [0.1, 0.15) is 0 Å². The number of pyridine rings is 1. The molecule has 0 unspecified atom stereocenters. The molecule has 0 saturated heterocycles. The normalized spacial score (nSPS) is 11.3. The fraction of sp³-hybridized carbons (Fsp3) is 0.267. The second-order valence-corrected chi connectivity index (χ2v) is 6.51. The number of anilines is 1. The Labute approximate surface area is 125 Å². The molecule has 0 aliphatic rings. The molecule has 0 saturated carbocycles. The highest BCUT2D eigenvalue weighted by Gasteiger charge is 2.14. The molecule has 0 atom stereocenters. The van der Waals surface area contributed by atoms with Gasteiger partial charge < -0.3 is 5.73 Å². The maximum absolute atomic E-state index is 12.3. The van der Waals surface area contributed by atoms with Crippen molar-refractivity contribution in [3.8, 4) is 0 Å². The predicted molar refractivity (Wildman–Crippen MR) is 83.6 cm³/mol. The number of sulfonamides is 1. The fourth-order valence-corrected chi connectivity index (χ4v) is 2.93. The fourth-order valence-electron chi connectivity index (χ4n) is 1.88. The Bertz CT molecular complexity index is 680. The van der Waals surface area contributed by atoms with E-state index in [2.05, 4.69) is 9.71 Å². The van der Waals surface area contributed by atoms with Crippen LogP contribution in [-0.4, -0.2) is 19.9 Å². The Hall–Kier alpha value is -1.92. The molecule has 1 aromatic carbocycles. The van der Waals surface area contributed by atoms with Crippen molar-refractivity contribution in [3.63, 3.8) is 0 Å². The summed E-state index contributed by atoms with van der Waals surface area (Å²) < 4.78 is 27.0. The molecule has 0 aliphatic heterocycles. The van der Waals surface area contributed by atoms with Crippen LogP contribution in [-0.2, 0) is 16.4 Å². The molecular weight excluding hydrogens is 286 g/mol. The van der Waals surface area contributed by atoms with Crippen LogP contribution in [0.4, 0.5) is 5.69 Å². The van der Waals surface area contributed by atoms with Gasteiger partial charge in [-0.1, -0.05) is 12.1 Å². The third-order valence-electron chi connectivity index (χ3n) is 3.07. The first-order valence-corrected chi connectivity index (χ1v) is 8.24. The van der Waals surface area contributed by atoms with Crippen LogP contribution in [0, 0.1) is 6.92 Å². The number of rotatable bonds is 6. The summed E-state index contributed by atoms with van der Waals surface area (Å²) in [5.41, 5.74) is 7.83. The van der Waals surface area contributed by atoms with Gasteiger partial charge in [0, 0.05) is 5.69 Å². The summed E-state index contributed by atoms with van der Waals surface area (Å²) >= 11 is 0. The third-order valence-corrected chi connectivity index (χ3v) is 4.46. The van der Waals surface area contributed by atoms with Crippen LogP contribution in [0.1, 0.15) is 17.7 Å². The van der Waals surface area contributed by atoms with Crippen molar-refractivity contribution in [3.05, 3.63) is 53.9 Å². The lowest BCUT2D eigenvalue weighted by Crippen LogP contribution is -2.13. The average molecular weight is 305 g/mol. The van der Waals surface area contributed by atoms with Crippen molar-refractivity contribution in [1.82, 2.24) is 4.98 Å². The maximum atomic E-state index is 12.3. The molecule has 0 aliphatic carbocycles. The zero-order valence-corrected chi connectivity index (χ0v) is 12.7. The average Bonchev–Trinajstić information content (AvgIpc) is 2.48. The van der Waals surface area contributed by atoms with Gasteiger partial charge in [0.25, 0.3) is 10.0 Å². The maximum Gasteiger partial charge on any atom is 0.261 e. The molecule has 112 valence electrons. The van der Waals surface area contributed by atoms with Crippen molar-refractivity contribution in [2.45, 2.75) is 24.7 Å². The van der Waals surface area contributed by atoms with Gasteiger partial charge in [-0.25, -0.2) is 8.42 Å². The molecule has 21 heavy (non-hydrogen) atoms. The van der Waals surface area contributed by atoms with E-state index < -0.39 is 10.0 Å². The highest BCUT2D eigenvalue weighted by Crippen LogP contribution is 2.16. The van der Waals surface area contributed by atoms with Crippen LogP contribution in [0.25, 0.3) is 0 Å². The standard InChI is InChI=1S/C15H19N3O2S/c1-12-4-7-14(11-17-12)18-21(19,20)15-8-5-13(6-9-15)3-2-10-16/h4-9,11,18H,2-3,10,16H2,1H3. The van der Waals surface area contributed by atoms with Gasteiger partial charge in [0.05, 0.1) is 16.8 Å². The summed E-state index contributed by atoms with van der Waals surface area (Å²) in [6.45, 7) is 2.47. The molecule has 2 aromatic rings. The highest BCUT2D eigenvalue weighted by molar-refractivity contribution is 7.92. The van der Waals surface area contributed by atoms with E-state index in [4.69, 9.17) is 5.73 Å². The first kappa shape index (κ1) is 15.5. The minimum atomic E-state index is -3.58. The lowest BCUT2D eigenvalue weighted by Gasteiger charge is -2.08. The van der Waals surface area contributed by atoms with Gasteiger partial charge in [-0.3, -0.25) is 9.71 Å². The van der Waals surface area contributed by atoms with E-state index in [1.807, 2.05) is 19.1 Å². The molecule has 1 aromatic heterocycles. The predicted octanol–water partition coefficient (Wildman–Crippen LogP) is 2.08. The summed E-state index contributed by atoms with van der Waals surface area (Å²) in [6.07, 6.45) is 3.24. The molecule has 0 radical (unpaired) electrons. The van der Waals surface area contributed by atoms with Crippen molar-refractivity contribution in [1.29, 1.82) is 0 Å². The van der Waals surface area contributed by atoms with Crippen LogP contribution in [0.5, 0.6) is 0 Å². The molecule has 0 spiro atoms. The molecule has 2 rings (SSSR count). The molecular formula is C15H19N3O2S. The zero-order chi connectivity index (χ0) is 15.3. The third kappa shape index (κ3) is 4.27. The summed E-state index contributed by atoms with van der Waals surface area (Å²) in [6, 6.07) is 10.3. The van der Waals surface area contributed by atoms with Crippen LogP contribution < -0.4 is 10.5 Å². The Kier molecular flexibility index (Phi) is 4.93. The zero-order valence-electron chi connectivity index (χ0n) is 11.9. The van der Waals surface area contributed by atoms with Crippen molar-refractivity contribution < 1.29 is 8.42 Å². The minimum absolute atomic E-state index is 0.236. The van der Waals surface area contributed by atoms with Gasteiger partial charge in [-0.15, -0.1) is 0 Å². The molecule has 5 nitrogen and oxygen atoms in total. The van der Waals surface area contributed by atoms with Gasteiger partial charge in [0.2, 0.25) is 0 Å². The first-order valence-electron chi connectivity index (χ1n) is 6.76. The van der Waals surface area contributed by atoms with E-state index in [-0.39, 0.29) is 4.90 Å². The van der Waals surface area contributed by atoms with E-state index in [0.717, 1.165) is 24.1 Å². The molecule has 1 heterocycles. The van der Waals surface area contributed by atoms with Crippen LogP contribution in [0.3, 0.4) is 0 Å². The largest absolute Gasteiger partial charge is 0.330 e. The monoisotopic (exact) mass is 305 g/mol. The Morgan fingerprint density at radius 2 is 1.86 bits per heavy atom. The van der Waals surface area contributed by atoms with E-state index in [9.17, 15) is 8.42 Å². The Balaban J connectivity index is 2.13. The molecule has 0 fully saturated rings. The minimum Gasteiger partial charge on any atom is -0.330 e.